The molecule has 0 bridgehead atoms. The SMILES string of the molecule is CC(C)(C)C[C@]1(c2ccc(-c3ccccn3)cc2)N=C(N)C([C@H](COC(=O)NC2(C)CC2)c2ccc(Cl)c(-c3ncn[nH]3)c2)C1=O. The van der Waals surface area contributed by atoms with Crippen LogP contribution in [0.2, 0.25) is 5.02 Å². The third kappa shape index (κ3) is 6.39. The van der Waals surface area contributed by atoms with Gasteiger partial charge in [-0.15, -0.1) is 0 Å². The zero-order chi connectivity index (χ0) is 32.7. The predicted octanol–water partition coefficient (Wildman–Crippen LogP) is 6.44. The number of rotatable bonds is 9. The molecule has 2 aromatic carbocycles. The monoisotopic (exact) mass is 639 g/mol. The number of Topliss-reactive ketones (excluding diaryl/α,β-unsaturated/α-hetero) is 1. The summed E-state index contributed by atoms with van der Waals surface area (Å²) in [6.07, 6.45) is 4.80. The van der Waals surface area contributed by atoms with E-state index in [1.165, 1.54) is 6.33 Å². The number of carbonyl (C=O) groups is 2. The number of hydrogen-bond acceptors (Lipinski definition) is 8. The molecule has 1 fully saturated rings. The number of carbonyl (C=O) groups excluding carboxylic acids is 2. The van der Waals surface area contributed by atoms with Crippen LogP contribution in [0.4, 0.5) is 4.79 Å². The van der Waals surface area contributed by atoms with Crippen LogP contribution in [0.15, 0.2) is 78.2 Å². The maximum absolute atomic E-state index is 14.9. The molecule has 3 atom stereocenters. The highest BCUT2D eigenvalue weighted by molar-refractivity contribution is 6.33. The van der Waals surface area contributed by atoms with Gasteiger partial charge in [0.1, 0.15) is 24.3 Å². The van der Waals surface area contributed by atoms with Crippen LogP contribution in [0.5, 0.6) is 0 Å². The van der Waals surface area contributed by atoms with Crippen LogP contribution >= 0.6 is 11.6 Å². The first-order valence-electron chi connectivity index (χ1n) is 15.4. The topological polar surface area (TPSA) is 148 Å². The lowest BCUT2D eigenvalue weighted by Gasteiger charge is -2.34. The number of benzene rings is 2. The first-order chi connectivity index (χ1) is 21.9. The average Bonchev–Trinajstić information content (AvgIpc) is 3.39. The Balaban J connectivity index is 1.39. The number of halogens is 1. The molecular weight excluding hydrogens is 602 g/mol. The number of aliphatic imine (C=N–C) groups is 1. The second kappa shape index (κ2) is 12.0. The second-order valence-electron chi connectivity index (χ2n) is 13.7. The lowest BCUT2D eigenvalue weighted by molar-refractivity contribution is -0.127. The van der Waals surface area contributed by atoms with E-state index in [4.69, 9.17) is 27.1 Å². The molecule has 2 aliphatic rings. The molecule has 10 nitrogen and oxygen atoms in total. The molecule has 1 saturated carbocycles. The highest BCUT2D eigenvalue weighted by Gasteiger charge is 2.54. The van der Waals surface area contributed by atoms with Gasteiger partial charge < -0.3 is 15.8 Å². The molecule has 4 aromatic rings. The van der Waals surface area contributed by atoms with Gasteiger partial charge in [0, 0.05) is 28.8 Å². The summed E-state index contributed by atoms with van der Waals surface area (Å²) in [5.41, 5.74) is 8.78. The summed E-state index contributed by atoms with van der Waals surface area (Å²) in [4.78, 5) is 41.5. The zero-order valence-electron chi connectivity index (χ0n) is 26.4. The van der Waals surface area contributed by atoms with E-state index in [2.05, 4.69) is 46.3 Å². The van der Waals surface area contributed by atoms with Crippen molar-refractivity contribution in [1.29, 1.82) is 0 Å². The number of aromatic amines is 1. The summed E-state index contributed by atoms with van der Waals surface area (Å²) in [6, 6.07) is 18.9. The van der Waals surface area contributed by atoms with Crippen LogP contribution in [0.3, 0.4) is 0 Å². The van der Waals surface area contributed by atoms with Gasteiger partial charge in [0.2, 0.25) is 0 Å². The third-order valence-corrected chi connectivity index (χ3v) is 9.06. The second-order valence-corrected chi connectivity index (χ2v) is 14.1. The number of nitrogens with one attached hydrogen (secondary N) is 2. The molecule has 46 heavy (non-hydrogen) atoms. The normalized spacial score (nSPS) is 21.0. The molecule has 1 aliphatic carbocycles. The zero-order valence-corrected chi connectivity index (χ0v) is 27.1. The Hall–Kier alpha value is -4.57. The van der Waals surface area contributed by atoms with Gasteiger partial charge in [0.15, 0.2) is 11.6 Å². The van der Waals surface area contributed by atoms with Crippen LogP contribution in [0.1, 0.15) is 64.0 Å². The van der Waals surface area contributed by atoms with Crippen molar-refractivity contribution in [3.63, 3.8) is 0 Å². The van der Waals surface area contributed by atoms with Crippen molar-refractivity contribution >= 4 is 29.3 Å². The van der Waals surface area contributed by atoms with E-state index in [0.717, 1.165) is 29.7 Å². The molecule has 1 aliphatic heterocycles. The minimum absolute atomic E-state index is 0.101. The van der Waals surface area contributed by atoms with Gasteiger partial charge >= 0.3 is 6.09 Å². The van der Waals surface area contributed by atoms with Crippen molar-refractivity contribution in [3.8, 4) is 22.6 Å². The summed E-state index contributed by atoms with van der Waals surface area (Å²) >= 11 is 6.57. The first-order valence-corrected chi connectivity index (χ1v) is 15.8. The van der Waals surface area contributed by atoms with E-state index in [0.29, 0.717) is 28.4 Å². The molecule has 0 radical (unpaired) electrons. The maximum Gasteiger partial charge on any atom is 0.407 e. The molecule has 4 N–H and O–H groups in total. The maximum atomic E-state index is 14.9. The van der Waals surface area contributed by atoms with E-state index in [-0.39, 0.29) is 29.2 Å². The molecule has 0 spiro atoms. The summed E-state index contributed by atoms with van der Waals surface area (Å²) < 4.78 is 5.80. The van der Waals surface area contributed by atoms with Crippen molar-refractivity contribution in [1.82, 2.24) is 25.5 Å². The number of ether oxygens (including phenoxy) is 1. The lowest BCUT2D eigenvalue weighted by atomic mass is 9.70. The van der Waals surface area contributed by atoms with E-state index >= 15 is 0 Å². The van der Waals surface area contributed by atoms with Gasteiger partial charge in [-0.1, -0.05) is 68.8 Å². The minimum Gasteiger partial charge on any atom is -0.449 e. The summed E-state index contributed by atoms with van der Waals surface area (Å²) in [5.74, 6) is -0.999. The number of amidine groups is 1. The fourth-order valence-electron chi connectivity index (χ4n) is 6.21. The molecule has 11 heteroatoms. The quantitative estimate of drug-likeness (QED) is 0.191. The highest BCUT2D eigenvalue weighted by Crippen LogP contribution is 2.48. The first kappa shape index (κ1) is 31.4. The number of nitrogens with two attached hydrogens (primary N) is 1. The Morgan fingerprint density at radius 2 is 1.89 bits per heavy atom. The predicted molar refractivity (Wildman–Crippen MR) is 177 cm³/mol. The number of hydrogen-bond donors (Lipinski definition) is 3. The number of amides is 1. The Labute approximate surface area is 273 Å². The Morgan fingerprint density at radius 1 is 1.13 bits per heavy atom. The van der Waals surface area contributed by atoms with Crippen LogP contribution < -0.4 is 11.1 Å². The molecule has 2 aromatic heterocycles. The van der Waals surface area contributed by atoms with Crippen molar-refractivity contribution in [2.45, 2.75) is 64.0 Å². The van der Waals surface area contributed by atoms with Gasteiger partial charge in [-0.3, -0.25) is 19.9 Å². The van der Waals surface area contributed by atoms with Crippen molar-refractivity contribution in [2.75, 3.05) is 6.61 Å². The standard InChI is InChI=1S/C35H38ClN7O3/c1-33(2,3)19-35(23-11-8-21(9-12-23)27-7-5-6-16-38-27)29(44)28(30(37)41-35)25(18-46-32(45)42-34(4)14-15-34)22-10-13-26(36)24(17-22)31-39-20-40-43-31/h5-13,16-17,20,25,28H,14-15,18-19H2,1-4H3,(H2,37,41)(H,42,45)(H,39,40,43)/t25-,28?,35-/m1/s1. The van der Waals surface area contributed by atoms with Crippen molar-refractivity contribution in [3.05, 3.63) is 89.3 Å². The van der Waals surface area contributed by atoms with E-state index in [1.807, 2.05) is 61.5 Å². The van der Waals surface area contributed by atoms with Gasteiger partial charge in [-0.25, -0.2) is 9.78 Å². The molecule has 0 saturated heterocycles. The number of H-pyrrole nitrogens is 1. The van der Waals surface area contributed by atoms with Crippen molar-refractivity contribution < 1.29 is 14.3 Å². The van der Waals surface area contributed by atoms with E-state index in [1.54, 1.807) is 12.3 Å². The van der Waals surface area contributed by atoms with E-state index < -0.39 is 23.5 Å². The summed E-state index contributed by atoms with van der Waals surface area (Å²) in [5, 5.41) is 10.2. The van der Waals surface area contributed by atoms with Crippen LogP contribution in [-0.2, 0) is 15.1 Å². The molecular formula is C35H38ClN7O3. The third-order valence-electron chi connectivity index (χ3n) is 8.73. The molecule has 3 heterocycles. The van der Waals surface area contributed by atoms with E-state index in [9.17, 15) is 9.59 Å². The average molecular weight is 640 g/mol. The van der Waals surface area contributed by atoms with Crippen molar-refractivity contribution in [2.24, 2.45) is 22.1 Å². The van der Waals surface area contributed by atoms with Crippen LogP contribution in [0.25, 0.3) is 22.6 Å². The van der Waals surface area contributed by atoms with Gasteiger partial charge in [-0.05, 0) is 67.0 Å². The Kier molecular flexibility index (Phi) is 8.18. The largest absolute Gasteiger partial charge is 0.449 e. The number of ketones is 1. The molecule has 238 valence electrons. The van der Waals surface area contributed by atoms with Crippen LogP contribution in [-0.4, -0.2) is 50.0 Å². The fourth-order valence-corrected chi connectivity index (χ4v) is 6.42. The summed E-state index contributed by atoms with van der Waals surface area (Å²) in [6.45, 7) is 8.11. The van der Waals surface area contributed by atoms with Gasteiger partial charge in [0.05, 0.1) is 16.6 Å². The molecule has 6 rings (SSSR count). The minimum atomic E-state index is -1.24. The van der Waals surface area contributed by atoms with Gasteiger partial charge in [-0.2, -0.15) is 5.10 Å². The number of alkyl carbamates (subject to hydrolysis) is 1. The number of pyridine rings is 1. The molecule has 1 amide bonds. The Bertz CT molecular complexity index is 1760. The highest BCUT2D eigenvalue weighted by atomic mass is 35.5. The Morgan fingerprint density at radius 3 is 2.52 bits per heavy atom. The number of nitrogens with zero attached hydrogens (tertiary/aromatic N) is 4. The van der Waals surface area contributed by atoms with Crippen LogP contribution in [0, 0.1) is 11.3 Å². The smallest absolute Gasteiger partial charge is 0.407 e. The van der Waals surface area contributed by atoms with Gasteiger partial charge in [0.25, 0.3) is 0 Å². The lowest BCUT2D eigenvalue weighted by Crippen LogP contribution is -2.42. The molecule has 1 unspecified atom stereocenters. The number of aromatic nitrogens is 4. The fraction of sp³-hybridized carbons (Fsp3) is 0.371. The summed E-state index contributed by atoms with van der Waals surface area (Å²) in [7, 11) is 0.